The topological polar surface area (TPSA) is 60.9 Å². The summed E-state index contributed by atoms with van der Waals surface area (Å²) in [6, 6.07) is 8.24. The normalized spacial score (nSPS) is 16.8. The summed E-state index contributed by atoms with van der Waals surface area (Å²) in [6.07, 6.45) is 3.78. The van der Waals surface area contributed by atoms with Crippen LogP contribution in [0.25, 0.3) is 15.7 Å². The Bertz CT molecular complexity index is 1040. The van der Waals surface area contributed by atoms with E-state index in [-0.39, 0.29) is 6.04 Å². The molecule has 0 aliphatic carbocycles. The number of hydrogen-bond donors (Lipinski definition) is 0. The van der Waals surface area contributed by atoms with Crippen molar-refractivity contribution in [1.29, 1.82) is 0 Å². The van der Waals surface area contributed by atoms with E-state index in [0.717, 1.165) is 45.2 Å². The van der Waals surface area contributed by atoms with E-state index < -0.39 is 0 Å². The highest BCUT2D eigenvalue weighted by Crippen LogP contribution is 2.37. The van der Waals surface area contributed by atoms with Gasteiger partial charge in [-0.05, 0) is 31.0 Å². The Balaban J connectivity index is 1.63. The predicted molar refractivity (Wildman–Crippen MR) is 92.5 cm³/mol. The first-order valence-corrected chi connectivity index (χ1v) is 8.91. The van der Waals surface area contributed by atoms with E-state index in [2.05, 4.69) is 37.0 Å². The molecule has 8 heteroatoms. The highest BCUT2D eigenvalue weighted by atomic mass is 35.5. The van der Waals surface area contributed by atoms with Gasteiger partial charge in [0.05, 0.1) is 12.2 Å². The number of hydrogen-bond acceptors (Lipinski definition) is 5. The fraction of sp³-hybridized carbons (Fsp3) is 0.250. The number of fused-ring (bicyclic) bond motifs is 2. The monoisotopic (exact) mass is 356 g/mol. The van der Waals surface area contributed by atoms with E-state index in [4.69, 9.17) is 11.6 Å². The van der Waals surface area contributed by atoms with Gasteiger partial charge in [-0.3, -0.25) is 0 Å². The van der Waals surface area contributed by atoms with Crippen molar-refractivity contribution in [2.24, 2.45) is 0 Å². The van der Waals surface area contributed by atoms with Crippen LogP contribution in [0.1, 0.15) is 29.7 Å². The van der Waals surface area contributed by atoms with Crippen molar-refractivity contribution < 1.29 is 0 Å². The van der Waals surface area contributed by atoms with Gasteiger partial charge in [0.1, 0.15) is 16.5 Å². The quantitative estimate of drug-likeness (QED) is 0.551. The average Bonchev–Trinajstić information content (AvgIpc) is 3.31. The van der Waals surface area contributed by atoms with Crippen molar-refractivity contribution >= 4 is 27.8 Å². The molecule has 1 aliphatic heterocycles. The number of aryl methyl sites for hydroxylation is 2. The molecule has 3 aromatic heterocycles. The first-order chi connectivity index (χ1) is 11.7. The lowest BCUT2D eigenvalue weighted by atomic mass is 10.0. The summed E-state index contributed by atoms with van der Waals surface area (Å²) >= 11 is 7.61. The summed E-state index contributed by atoms with van der Waals surface area (Å²) in [6.45, 7) is 1.95. The minimum atomic E-state index is 0.227. The molecule has 0 saturated carbocycles. The second-order valence-corrected chi connectivity index (χ2v) is 7.32. The molecular formula is C16H13ClN6S. The van der Waals surface area contributed by atoms with Gasteiger partial charge < -0.3 is 4.57 Å². The Morgan fingerprint density at radius 2 is 2.04 bits per heavy atom. The molecule has 5 rings (SSSR count). The number of aromatic nitrogens is 6. The highest BCUT2D eigenvalue weighted by Gasteiger charge is 2.30. The largest absolute Gasteiger partial charge is 0.301 e. The molecule has 0 amide bonds. The molecule has 24 heavy (non-hydrogen) atoms. The van der Waals surface area contributed by atoms with Gasteiger partial charge in [-0.2, -0.15) is 5.10 Å². The van der Waals surface area contributed by atoms with Crippen LogP contribution >= 0.6 is 22.9 Å². The molecule has 0 bridgehead atoms. The summed E-state index contributed by atoms with van der Waals surface area (Å²) in [5.74, 6) is 2.72. The van der Waals surface area contributed by atoms with E-state index >= 15 is 0 Å². The molecule has 1 aliphatic rings. The third-order valence-electron chi connectivity index (χ3n) is 4.43. The molecule has 0 fully saturated rings. The van der Waals surface area contributed by atoms with Gasteiger partial charge in [0, 0.05) is 11.4 Å². The molecule has 6 nitrogen and oxygen atoms in total. The van der Waals surface area contributed by atoms with Gasteiger partial charge in [0.15, 0.2) is 10.8 Å². The zero-order valence-corrected chi connectivity index (χ0v) is 14.4. The highest BCUT2D eigenvalue weighted by molar-refractivity contribution is 7.20. The molecule has 4 aromatic rings. The fourth-order valence-electron chi connectivity index (χ4n) is 3.27. The minimum Gasteiger partial charge on any atom is -0.301 e. The van der Waals surface area contributed by atoms with E-state index in [1.807, 2.05) is 29.8 Å². The number of benzene rings is 1. The van der Waals surface area contributed by atoms with Crippen molar-refractivity contribution in [2.45, 2.75) is 25.8 Å². The Labute approximate surface area is 146 Å². The Kier molecular flexibility index (Phi) is 3.01. The van der Waals surface area contributed by atoms with Gasteiger partial charge in [-0.1, -0.05) is 35.1 Å². The molecule has 0 spiro atoms. The zero-order chi connectivity index (χ0) is 16.3. The maximum atomic E-state index is 6.02. The van der Waals surface area contributed by atoms with Gasteiger partial charge in [-0.25, -0.2) is 9.50 Å². The van der Waals surface area contributed by atoms with Crippen molar-refractivity contribution in [3.8, 4) is 10.8 Å². The third kappa shape index (κ3) is 2.01. The van der Waals surface area contributed by atoms with Crippen LogP contribution in [-0.2, 0) is 6.42 Å². The standard InChI is InChI=1S/C16H13ClN6S/c1-9-18-8-14-23(9)21-16(24-14)15-20-19-13-7-6-12(22(13)15)10-2-4-11(17)5-3-10/h2-5,8,12H,6-7H2,1H3. The fourth-order valence-corrected chi connectivity index (χ4v) is 4.31. The second kappa shape index (κ2) is 5.12. The molecule has 0 N–H and O–H groups in total. The lowest BCUT2D eigenvalue weighted by molar-refractivity contribution is 0.621. The molecule has 120 valence electrons. The van der Waals surface area contributed by atoms with E-state index in [9.17, 15) is 0 Å². The van der Waals surface area contributed by atoms with Crippen LogP contribution in [-0.4, -0.2) is 29.4 Å². The maximum Gasteiger partial charge on any atom is 0.195 e. The van der Waals surface area contributed by atoms with Crippen LogP contribution in [0.3, 0.4) is 0 Å². The predicted octanol–water partition coefficient (Wildman–Crippen LogP) is 3.55. The summed E-state index contributed by atoms with van der Waals surface area (Å²) < 4.78 is 4.07. The Hall–Kier alpha value is -2.25. The van der Waals surface area contributed by atoms with Gasteiger partial charge in [0.2, 0.25) is 0 Å². The van der Waals surface area contributed by atoms with Gasteiger partial charge in [-0.15, -0.1) is 10.2 Å². The first-order valence-electron chi connectivity index (χ1n) is 7.71. The molecule has 4 heterocycles. The summed E-state index contributed by atoms with van der Waals surface area (Å²) in [5, 5.41) is 15.1. The minimum absolute atomic E-state index is 0.227. The van der Waals surface area contributed by atoms with Crippen molar-refractivity contribution in [3.05, 3.63) is 52.7 Å². The number of halogens is 1. The van der Waals surface area contributed by atoms with Gasteiger partial charge >= 0.3 is 0 Å². The van der Waals surface area contributed by atoms with Gasteiger partial charge in [0.25, 0.3) is 0 Å². The molecule has 0 saturated heterocycles. The van der Waals surface area contributed by atoms with Crippen molar-refractivity contribution in [3.63, 3.8) is 0 Å². The van der Waals surface area contributed by atoms with Crippen molar-refractivity contribution in [2.75, 3.05) is 0 Å². The van der Waals surface area contributed by atoms with E-state index in [0.29, 0.717) is 0 Å². The summed E-state index contributed by atoms with van der Waals surface area (Å²) in [4.78, 5) is 5.29. The smallest absolute Gasteiger partial charge is 0.195 e. The summed E-state index contributed by atoms with van der Waals surface area (Å²) in [5.41, 5.74) is 1.22. The molecule has 1 atom stereocenters. The second-order valence-electron chi connectivity index (χ2n) is 5.88. The lowest BCUT2D eigenvalue weighted by Gasteiger charge is -2.14. The van der Waals surface area contributed by atoms with Crippen LogP contribution in [0.2, 0.25) is 5.02 Å². The maximum absolute atomic E-state index is 6.02. The average molecular weight is 357 g/mol. The molecular weight excluding hydrogens is 344 g/mol. The van der Waals surface area contributed by atoms with Crippen LogP contribution in [0.15, 0.2) is 30.5 Å². The molecule has 1 unspecified atom stereocenters. The molecule has 0 radical (unpaired) electrons. The van der Waals surface area contributed by atoms with Crippen LogP contribution < -0.4 is 0 Å². The first kappa shape index (κ1) is 14.1. The zero-order valence-electron chi connectivity index (χ0n) is 12.8. The third-order valence-corrected chi connectivity index (χ3v) is 5.63. The lowest BCUT2D eigenvalue weighted by Crippen LogP contribution is -2.07. The summed E-state index contributed by atoms with van der Waals surface area (Å²) in [7, 11) is 0. The SMILES string of the molecule is Cc1ncc2sc(-c3nnc4n3C(c3ccc(Cl)cc3)CC4)nn12. The Morgan fingerprint density at radius 1 is 1.21 bits per heavy atom. The van der Waals surface area contributed by atoms with Crippen LogP contribution in [0, 0.1) is 6.92 Å². The molecule has 1 aromatic carbocycles. The van der Waals surface area contributed by atoms with Crippen LogP contribution in [0.5, 0.6) is 0 Å². The Morgan fingerprint density at radius 3 is 2.83 bits per heavy atom. The van der Waals surface area contributed by atoms with Crippen LogP contribution in [0.4, 0.5) is 0 Å². The number of rotatable bonds is 2. The van der Waals surface area contributed by atoms with E-state index in [1.165, 1.54) is 5.56 Å². The van der Waals surface area contributed by atoms with Crippen molar-refractivity contribution in [1.82, 2.24) is 29.4 Å². The van der Waals surface area contributed by atoms with E-state index in [1.54, 1.807) is 11.3 Å². The number of imidazole rings is 1. The number of nitrogens with zero attached hydrogens (tertiary/aromatic N) is 6.